The van der Waals surface area contributed by atoms with Crippen LogP contribution < -0.4 is 10.2 Å². The van der Waals surface area contributed by atoms with Crippen molar-refractivity contribution < 1.29 is 18.1 Å². The lowest BCUT2D eigenvalue weighted by molar-refractivity contribution is -0.895. The monoisotopic (exact) mass is 379 g/mol. The van der Waals surface area contributed by atoms with Gasteiger partial charge in [0.15, 0.2) is 6.54 Å². The molecule has 2 rings (SSSR count). The van der Waals surface area contributed by atoms with Gasteiger partial charge in [0.1, 0.15) is 6.07 Å². The molecular formula is C18H27N4O3S+. The quantitative estimate of drug-likeness (QED) is 0.683. The van der Waals surface area contributed by atoms with Gasteiger partial charge in [0.2, 0.25) is 10.0 Å². The molecule has 7 nitrogen and oxygen atoms in total. The van der Waals surface area contributed by atoms with E-state index in [1.54, 1.807) is 12.1 Å². The Morgan fingerprint density at radius 3 is 2.62 bits per heavy atom. The number of nitrogens with zero attached hydrogens (tertiary/aromatic N) is 2. The molecule has 1 aliphatic heterocycles. The van der Waals surface area contributed by atoms with Gasteiger partial charge in [-0.15, -0.1) is 0 Å². The molecule has 0 unspecified atom stereocenters. The molecule has 1 aromatic carbocycles. The van der Waals surface area contributed by atoms with Crippen molar-refractivity contribution in [1.82, 2.24) is 9.62 Å². The maximum absolute atomic E-state index is 12.8. The molecule has 8 heteroatoms. The Bertz CT molecular complexity index is 765. The Morgan fingerprint density at radius 2 is 2.00 bits per heavy atom. The van der Waals surface area contributed by atoms with Gasteiger partial charge in [0.25, 0.3) is 5.91 Å². The van der Waals surface area contributed by atoms with E-state index < -0.39 is 10.0 Å². The lowest BCUT2D eigenvalue weighted by Gasteiger charge is -2.31. The van der Waals surface area contributed by atoms with Crippen LogP contribution in [0, 0.1) is 11.3 Å². The first kappa shape index (κ1) is 20.4. The van der Waals surface area contributed by atoms with Crippen LogP contribution in [0.25, 0.3) is 0 Å². The molecule has 1 heterocycles. The molecular weight excluding hydrogens is 352 g/mol. The minimum absolute atomic E-state index is 0.00656. The Labute approximate surface area is 155 Å². The normalized spacial score (nSPS) is 17.4. The molecule has 26 heavy (non-hydrogen) atoms. The lowest BCUT2D eigenvalue weighted by atomic mass is 10.2. The number of hydrogen-bond donors (Lipinski definition) is 2. The van der Waals surface area contributed by atoms with E-state index in [-0.39, 0.29) is 22.4 Å². The summed E-state index contributed by atoms with van der Waals surface area (Å²) in [5.41, 5.74) is 0.159. The van der Waals surface area contributed by atoms with Gasteiger partial charge < -0.3 is 10.2 Å². The Hall–Kier alpha value is -1.95. The van der Waals surface area contributed by atoms with Crippen molar-refractivity contribution >= 4 is 15.9 Å². The van der Waals surface area contributed by atoms with Crippen LogP contribution >= 0.6 is 0 Å². The average Bonchev–Trinajstić information content (AvgIpc) is 2.62. The summed E-state index contributed by atoms with van der Waals surface area (Å²) in [5.74, 6) is 0.00656. The molecule has 0 radical (unpaired) electrons. The van der Waals surface area contributed by atoms with Crippen molar-refractivity contribution in [3.05, 3.63) is 29.8 Å². The zero-order chi connectivity index (χ0) is 19.2. The summed E-state index contributed by atoms with van der Waals surface area (Å²) in [4.78, 5) is 13.2. The fourth-order valence-electron chi connectivity index (χ4n) is 3.20. The standard InChI is InChI=1S/C18H26N4O3S/c1-3-6-15(2)20-18(23)14-21-9-11-22(12-10-21)26(24,25)17-8-5-4-7-16(17)13-19/h4-5,7-8,15H,3,6,9-12,14H2,1-2H3,(H,20,23)/p+1/t15-/m0/s1. The van der Waals surface area contributed by atoms with E-state index in [2.05, 4.69) is 12.2 Å². The molecule has 0 aromatic heterocycles. The topological polar surface area (TPSA) is 94.7 Å². The third-order valence-corrected chi connectivity index (χ3v) is 6.55. The van der Waals surface area contributed by atoms with E-state index in [4.69, 9.17) is 5.26 Å². The van der Waals surface area contributed by atoms with Crippen molar-refractivity contribution in [3.8, 4) is 6.07 Å². The minimum atomic E-state index is -3.69. The van der Waals surface area contributed by atoms with Crippen molar-refractivity contribution in [3.63, 3.8) is 0 Å². The highest BCUT2D eigenvalue weighted by atomic mass is 32.2. The average molecular weight is 380 g/mol. The summed E-state index contributed by atoms with van der Waals surface area (Å²) in [6.45, 7) is 6.26. The molecule has 1 saturated heterocycles. The van der Waals surface area contributed by atoms with Gasteiger partial charge in [-0.2, -0.15) is 9.57 Å². The number of quaternary nitrogens is 1. The van der Waals surface area contributed by atoms with E-state index in [0.29, 0.717) is 32.7 Å². The van der Waals surface area contributed by atoms with E-state index in [0.717, 1.165) is 17.7 Å². The number of carbonyl (C=O) groups is 1. The van der Waals surface area contributed by atoms with Crippen LogP contribution in [0.15, 0.2) is 29.2 Å². The second kappa shape index (κ2) is 9.12. The number of benzene rings is 1. The summed E-state index contributed by atoms with van der Waals surface area (Å²) in [5, 5.41) is 12.1. The van der Waals surface area contributed by atoms with Crippen LogP contribution in [0.2, 0.25) is 0 Å². The van der Waals surface area contributed by atoms with Crippen molar-refractivity contribution in [2.75, 3.05) is 32.7 Å². The van der Waals surface area contributed by atoms with Crippen LogP contribution in [0.4, 0.5) is 0 Å². The Kier molecular flexibility index (Phi) is 7.14. The van der Waals surface area contributed by atoms with E-state index in [9.17, 15) is 13.2 Å². The highest BCUT2D eigenvalue weighted by Gasteiger charge is 2.32. The number of hydrogen-bond acceptors (Lipinski definition) is 4. The first-order valence-corrected chi connectivity index (χ1v) is 10.4. The zero-order valence-corrected chi connectivity index (χ0v) is 16.2. The number of piperazine rings is 1. The van der Waals surface area contributed by atoms with Crippen LogP contribution in [0.5, 0.6) is 0 Å². The summed E-state index contributed by atoms with van der Waals surface area (Å²) in [6.07, 6.45) is 1.97. The maximum Gasteiger partial charge on any atom is 0.275 e. The van der Waals surface area contributed by atoms with Crippen LogP contribution in [0.3, 0.4) is 0 Å². The highest BCUT2D eigenvalue weighted by molar-refractivity contribution is 7.89. The van der Waals surface area contributed by atoms with Gasteiger partial charge in [0, 0.05) is 6.04 Å². The number of carbonyl (C=O) groups excluding carboxylic acids is 1. The molecule has 0 aliphatic carbocycles. The van der Waals surface area contributed by atoms with Crippen molar-refractivity contribution in [2.24, 2.45) is 0 Å². The van der Waals surface area contributed by atoms with Gasteiger partial charge >= 0.3 is 0 Å². The van der Waals surface area contributed by atoms with Gasteiger partial charge in [-0.25, -0.2) is 8.42 Å². The summed E-state index contributed by atoms with van der Waals surface area (Å²) in [6, 6.07) is 8.35. The first-order valence-electron chi connectivity index (χ1n) is 9.00. The lowest BCUT2D eigenvalue weighted by Crippen LogP contribution is -3.15. The summed E-state index contributed by atoms with van der Waals surface area (Å²) >= 11 is 0. The summed E-state index contributed by atoms with van der Waals surface area (Å²) < 4.78 is 27.0. The number of nitrogens with one attached hydrogen (secondary N) is 2. The number of amides is 1. The molecule has 2 N–H and O–H groups in total. The van der Waals surface area contributed by atoms with Crippen LogP contribution in [-0.4, -0.2) is 57.4 Å². The van der Waals surface area contributed by atoms with Crippen molar-refractivity contribution in [2.45, 2.75) is 37.6 Å². The fraction of sp³-hybridized carbons (Fsp3) is 0.556. The van der Waals surface area contributed by atoms with E-state index in [1.165, 1.54) is 16.4 Å². The molecule has 1 aliphatic rings. The van der Waals surface area contributed by atoms with Crippen LogP contribution in [0.1, 0.15) is 32.3 Å². The Balaban J connectivity index is 1.94. The van der Waals surface area contributed by atoms with E-state index >= 15 is 0 Å². The molecule has 142 valence electrons. The number of sulfonamides is 1. The smallest absolute Gasteiger partial charge is 0.275 e. The molecule has 0 bridgehead atoms. The molecule has 0 saturated carbocycles. The van der Waals surface area contributed by atoms with E-state index in [1.807, 2.05) is 13.0 Å². The highest BCUT2D eigenvalue weighted by Crippen LogP contribution is 2.19. The number of rotatable bonds is 7. The number of nitriles is 1. The molecule has 1 aromatic rings. The maximum atomic E-state index is 12.8. The fourth-order valence-corrected chi connectivity index (χ4v) is 4.78. The molecule has 0 spiro atoms. The van der Waals surface area contributed by atoms with Crippen LogP contribution in [-0.2, 0) is 14.8 Å². The van der Waals surface area contributed by atoms with Gasteiger partial charge in [-0.05, 0) is 25.5 Å². The van der Waals surface area contributed by atoms with Gasteiger partial charge in [-0.3, -0.25) is 4.79 Å². The minimum Gasteiger partial charge on any atom is -0.349 e. The molecule has 1 fully saturated rings. The predicted molar refractivity (Wildman–Crippen MR) is 98.0 cm³/mol. The predicted octanol–water partition coefficient (Wildman–Crippen LogP) is -0.248. The third kappa shape index (κ3) is 5.04. The zero-order valence-electron chi connectivity index (χ0n) is 15.4. The second-order valence-electron chi connectivity index (χ2n) is 6.70. The molecule has 1 amide bonds. The van der Waals surface area contributed by atoms with Gasteiger partial charge in [-0.1, -0.05) is 25.5 Å². The summed E-state index contributed by atoms with van der Waals surface area (Å²) in [7, 11) is -3.69. The van der Waals surface area contributed by atoms with Crippen molar-refractivity contribution in [1.29, 1.82) is 5.26 Å². The van der Waals surface area contributed by atoms with Gasteiger partial charge in [0.05, 0.1) is 36.6 Å². The SMILES string of the molecule is CCC[C@H](C)NC(=O)C[NH+]1CCN(S(=O)(=O)c2ccccc2C#N)CC1. The second-order valence-corrected chi connectivity index (χ2v) is 8.60. The third-order valence-electron chi connectivity index (χ3n) is 4.59. The molecule has 1 atom stereocenters. The largest absolute Gasteiger partial charge is 0.349 e. The Morgan fingerprint density at radius 1 is 1.35 bits per heavy atom. The first-order chi connectivity index (χ1) is 12.4.